The van der Waals surface area contributed by atoms with E-state index in [9.17, 15) is 13.2 Å². The summed E-state index contributed by atoms with van der Waals surface area (Å²) in [6.45, 7) is 0.932. The first-order valence-corrected chi connectivity index (χ1v) is 8.53. The Kier molecular flexibility index (Phi) is 3.50. The van der Waals surface area contributed by atoms with Gasteiger partial charge in [0.15, 0.2) is 0 Å². The van der Waals surface area contributed by atoms with Crippen LogP contribution in [0.4, 0.5) is 0 Å². The maximum atomic E-state index is 12.1. The molecule has 0 aromatic carbocycles. The fraction of sp³-hybridized carbons (Fsp3) is 0.667. The highest BCUT2D eigenvalue weighted by molar-refractivity contribution is 7.88. The summed E-state index contributed by atoms with van der Waals surface area (Å²) in [7, 11) is -1.41. The molecular formula is C12H18N4O4S. The zero-order chi connectivity index (χ0) is 15.2. The van der Waals surface area contributed by atoms with Crippen molar-refractivity contribution in [3.05, 3.63) is 18.2 Å². The van der Waals surface area contributed by atoms with Gasteiger partial charge in [-0.15, -0.1) is 0 Å². The van der Waals surface area contributed by atoms with E-state index in [2.05, 4.69) is 4.98 Å². The number of carbonyl (C=O) groups is 1. The smallest absolute Gasteiger partial charge is 0.249 e. The van der Waals surface area contributed by atoms with Crippen LogP contribution >= 0.6 is 0 Å². The Morgan fingerprint density at radius 2 is 2.19 bits per heavy atom. The van der Waals surface area contributed by atoms with Crippen molar-refractivity contribution in [1.29, 1.82) is 0 Å². The molecule has 1 aromatic rings. The Balaban J connectivity index is 1.82. The number of sulfonamides is 1. The Bertz CT molecular complexity index is 656. The topological polar surface area (TPSA) is 84.7 Å². The Morgan fingerprint density at radius 1 is 1.43 bits per heavy atom. The van der Waals surface area contributed by atoms with Crippen LogP contribution in [0.1, 0.15) is 5.82 Å². The summed E-state index contributed by atoms with van der Waals surface area (Å²) in [4.78, 5) is 18.0. The fourth-order valence-corrected chi connectivity index (χ4v) is 3.65. The number of aromatic nitrogens is 2. The van der Waals surface area contributed by atoms with E-state index in [0.29, 0.717) is 13.1 Å². The van der Waals surface area contributed by atoms with E-state index in [4.69, 9.17) is 4.74 Å². The van der Waals surface area contributed by atoms with Gasteiger partial charge in [-0.2, -0.15) is 4.31 Å². The lowest BCUT2D eigenvalue weighted by atomic mass is 10.1. The van der Waals surface area contributed by atoms with Gasteiger partial charge in [-0.25, -0.2) is 13.4 Å². The van der Waals surface area contributed by atoms with Crippen LogP contribution in [0.25, 0.3) is 0 Å². The molecule has 1 amide bonds. The molecule has 2 fully saturated rings. The van der Waals surface area contributed by atoms with E-state index in [1.807, 2.05) is 17.8 Å². The minimum absolute atomic E-state index is 0.0107. The summed E-state index contributed by atoms with van der Waals surface area (Å²) >= 11 is 0. The van der Waals surface area contributed by atoms with Gasteiger partial charge in [0.25, 0.3) is 0 Å². The molecule has 8 nitrogen and oxygen atoms in total. The summed E-state index contributed by atoms with van der Waals surface area (Å²) in [5, 5.41) is 0. The van der Waals surface area contributed by atoms with Gasteiger partial charge < -0.3 is 14.2 Å². The van der Waals surface area contributed by atoms with Crippen molar-refractivity contribution in [3.8, 4) is 0 Å². The highest BCUT2D eigenvalue weighted by atomic mass is 32.2. The van der Waals surface area contributed by atoms with E-state index in [1.54, 1.807) is 11.1 Å². The van der Waals surface area contributed by atoms with E-state index in [1.165, 1.54) is 10.6 Å². The third-order valence-corrected chi connectivity index (χ3v) is 5.28. The van der Waals surface area contributed by atoms with Crippen LogP contribution in [0, 0.1) is 0 Å². The molecule has 2 saturated heterocycles. The maximum Gasteiger partial charge on any atom is 0.249 e. The van der Waals surface area contributed by atoms with Gasteiger partial charge in [0.05, 0.1) is 24.9 Å². The monoisotopic (exact) mass is 314 g/mol. The second kappa shape index (κ2) is 5.08. The van der Waals surface area contributed by atoms with Gasteiger partial charge in [-0.3, -0.25) is 4.79 Å². The highest BCUT2D eigenvalue weighted by Crippen LogP contribution is 2.26. The average molecular weight is 314 g/mol. The molecule has 0 spiro atoms. The SMILES string of the molecule is Cn1ccnc1CN1C(=O)CO[C@H]2CN(S(C)(=O)=O)C[C@H]21. The molecule has 116 valence electrons. The molecule has 0 bridgehead atoms. The standard InChI is InChI=1S/C12H18N4O4S/c1-14-4-3-13-11(14)7-16-9-5-15(21(2,18)19)6-10(9)20-8-12(16)17/h3-4,9-10H,5-8H2,1-2H3/t9-,10+/m1/s1. The third-order valence-electron chi connectivity index (χ3n) is 4.05. The quantitative estimate of drug-likeness (QED) is 0.699. The number of rotatable bonds is 3. The van der Waals surface area contributed by atoms with Crippen LogP contribution in [-0.2, 0) is 33.1 Å². The second-order valence-corrected chi connectivity index (χ2v) is 7.46. The number of imidazole rings is 1. The summed E-state index contributed by atoms with van der Waals surface area (Å²) in [5.41, 5.74) is 0. The zero-order valence-corrected chi connectivity index (χ0v) is 12.8. The number of ether oxygens (including phenoxy) is 1. The maximum absolute atomic E-state index is 12.1. The lowest BCUT2D eigenvalue weighted by molar-refractivity contribution is -0.154. The number of hydrogen-bond acceptors (Lipinski definition) is 5. The summed E-state index contributed by atoms with van der Waals surface area (Å²) < 4.78 is 32.1. The van der Waals surface area contributed by atoms with Crippen LogP contribution in [0.2, 0.25) is 0 Å². The van der Waals surface area contributed by atoms with E-state index in [0.717, 1.165) is 5.82 Å². The molecule has 0 unspecified atom stereocenters. The largest absolute Gasteiger partial charge is 0.365 e. The van der Waals surface area contributed by atoms with Gasteiger partial charge in [-0.1, -0.05) is 0 Å². The van der Waals surface area contributed by atoms with Crippen LogP contribution in [-0.4, -0.2) is 71.2 Å². The van der Waals surface area contributed by atoms with Gasteiger partial charge in [-0.05, 0) is 0 Å². The number of carbonyl (C=O) groups excluding carboxylic acids is 1. The van der Waals surface area contributed by atoms with E-state index in [-0.39, 0.29) is 31.2 Å². The second-order valence-electron chi connectivity index (χ2n) is 5.47. The van der Waals surface area contributed by atoms with Crippen LogP contribution in [0.3, 0.4) is 0 Å². The number of aryl methyl sites for hydroxylation is 1. The molecule has 0 saturated carbocycles. The summed E-state index contributed by atoms with van der Waals surface area (Å²) in [6, 6.07) is -0.252. The van der Waals surface area contributed by atoms with Crippen molar-refractivity contribution < 1.29 is 17.9 Å². The lowest BCUT2D eigenvalue weighted by Gasteiger charge is -2.36. The summed E-state index contributed by atoms with van der Waals surface area (Å²) in [6.07, 6.45) is 4.40. The molecule has 2 atom stereocenters. The van der Waals surface area contributed by atoms with Gasteiger partial charge in [0, 0.05) is 32.5 Å². The number of amides is 1. The molecule has 0 N–H and O–H groups in total. The normalized spacial score (nSPS) is 27.1. The molecule has 0 radical (unpaired) electrons. The Hall–Kier alpha value is -1.45. The molecule has 2 aliphatic rings. The van der Waals surface area contributed by atoms with Crippen molar-refractivity contribution >= 4 is 15.9 Å². The highest BCUT2D eigenvalue weighted by Gasteiger charge is 2.45. The molecule has 3 heterocycles. The average Bonchev–Trinajstić information content (AvgIpc) is 2.99. The minimum atomic E-state index is -3.28. The molecule has 0 aliphatic carbocycles. The molecule has 2 aliphatic heterocycles. The fourth-order valence-electron chi connectivity index (χ4n) is 2.81. The summed E-state index contributed by atoms with van der Waals surface area (Å²) in [5.74, 6) is 0.636. The predicted molar refractivity (Wildman–Crippen MR) is 73.7 cm³/mol. The zero-order valence-electron chi connectivity index (χ0n) is 12.0. The van der Waals surface area contributed by atoms with Crippen molar-refractivity contribution in [1.82, 2.24) is 18.8 Å². The number of nitrogens with zero attached hydrogens (tertiary/aromatic N) is 4. The molecule has 3 rings (SSSR count). The Labute approximate surface area is 123 Å². The van der Waals surface area contributed by atoms with Crippen LogP contribution < -0.4 is 0 Å². The molecule has 1 aromatic heterocycles. The third kappa shape index (κ3) is 2.68. The van der Waals surface area contributed by atoms with Gasteiger partial charge in [0.2, 0.25) is 15.9 Å². The van der Waals surface area contributed by atoms with Crippen LogP contribution in [0.15, 0.2) is 12.4 Å². The van der Waals surface area contributed by atoms with Gasteiger partial charge in [0.1, 0.15) is 12.4 Å². The van der Waals surface area contributed by atoms with Gasteiger partial charge >= 0.3 is 0 Å². The number of morpholine rings is 1. The number of hydrogen-bond donors (Lipinski definition) is 0. The van der Waals surface area contributed by atoms with Crippen molar-refractivity contribution in [2.24, 2.45) is 7.05 Å². The van der Waals surface area contributed by atoms with E-state index >= 15 is 0 Å². The molecule has 21 heavy (non-hydrogen) atoms. The van der Waals surface area contributed by atoms with Crippen LogP contribution in [0.5, 0.6) is 0 Å². The first-order valence-electron chi connectivity index (χ1n) is 6.68. The first-order chi connectivity index (χ1) is 9.86. The first kappa shape index (κ1) is 14.5. The molecular weight excluding hydrogens is 296 g/mol. The Morgan fingerprint density at radius 3 is 2.81 bits per heavy atom. The van der Waals surface area contributed by atoms with Crippen molar-refractivity contribution in [2.75, 3.05) is 26.0 Å². The molecule has 9 heteroatoms. The van der Waals surface area contributed by atoms with E-state index < -0.39 is 10.0 Å². The van der Waals surface area contributed by atoms with Crippen molar-refractivity contribution in [3.63, 3.8) is 0 Å². The minimum Gasteiger partial charge on any atom is -0.365 e. The predicted octanol–water partition coefficient (Wildman–Crippen LogP) is -1.21. The number of fused-ring (bicyclic) bond motifs is 1. The van der Waals surface area contributed by atoms with Crippen molar-refractivity contribution in [2.45, 2.75) is 18.7 Å². The lowest BCUT2D eigenvalue weighted by Crippen LogP contribution is -2.53.